The van der Waals surface area contributed by atoms with Gasteiger partial charge in [-0.15, -0.1) is 22.0 Å². The van der Waals surface area contributed by atoms with E-state index in [1.54, 1.807) is 11.8 Å². The van der Waals surface area contributed by atoms with Crippen LogP contribution in [0.5, 0.6) is 0 Å². The maximum Gasteiger partial charge on any atom is 0.230 e. The number of aromatic amines is 1. The maximum atomic E-state index is 3.78. The quantitative estimate of drug-likeness (QED) is 0.410. The van der Waals surface area contributed by atoms with Gasteiger partial charge < -0.3 is 0 Å². The van der Waals surface area contributed by atoms with Gasteiger partial charge in [0.05, 0.1) is 0 Å². The molecule has 0 amide bonds. The Morgan fingerprint density at radius 1 is 1.64 bits per heavy atom. The van der Waals surface area contributed by atoms with Crippen LogP contribution in [0.4, 0.5) is 0 Å². The Bertz CT molecular complexity index is 245. The molecule has 0 aliphatic rings. The summed E-state index contributed by atoms with van der Waals surface area (Å²) in [6.07, 6.45) is 0.871. The smallest absolute Gasteiger partial charge is 0.176 e. The molecule has 0 aliphatic heterocycles. The van der Waals surface area contributed by atoms with Gasteiger partial charge in [0.1, 0.15) is 0 Å². The number of H-pyrrole nitrogens is 1. The van der Waals surface area contributed by atoms with E-state index in [0.29, 0.717) is 5.16 Å². The third kappa shape index (κ3) is 3.05. The molecule has 58 valence electrons. The Morgan fingerprint density at radius 2 is 2.55 bits per heavy atom. The van der Waals surface area contributed by atoms with Gasteiger partial charge in [0.2, 0.25) is 5.16 Å². The van der Waals surface area contributed by atoms with Crippen molar-refractivity contribution < 1.29 is 0 Å². The van der Waals surface area contributed by atoms with Crippen LogP contribution in [0.25, 0.3) is 0 Å². The predicted octanol–water partition coefficient (Wildman–Crippen LogP) is 0.705. The van der Waals surface area contributed by atoms with Crippen molar-refractivity contribution in [3.05, 3.63) is 0 Å². The average molecular weight is 168 g/mol. The second kappa shape index (κ2) is 4.74. The minimum Gasteiger partial charge on any atom is -0.176 e. The van der Waals surface area contributed by atoms with Gasteiger partial charge in [-0.3, -0.25) is 0 Å². The molecule has 0 radical (unpaired) electrons. The van der Waals surface area contributed by atoms with Crippen molar-refractivity contribution in [1.29, 1.82) is 0 Å². The molecule has 1 heterocycles. The summed E-state index contributed by atoms with van der Waals surface area (Å²) >= 11 is 1.55. The van der Waals surface area contributed by atoms with Gasteiger partial charge in [-0.2, -0.15) is 5.21 Å². The molecule has 5 heteroatoms. The lowest BCUT2D eigenvalue weighted by atomic mass is 10.5. The van der Waals surface area contributed by atoms with Crippen molar-refractivity contribution in [2.45, 2.75) is 18.5 Å². The fourth-order valence-electron chi connectivity index (χ4n) is 0.532. The van der Waals surface area contributed by atoms with Crippen molar-refractivity contribution in [2.24, 2.45) is 0 Å². The van der Waals surface area contributed by atoms with E-state index < -0.39 is 0 Å². The largest absolute Gasteiger partial charge is 0.230 e. The van der Waals surface area contributed by atoms with Crippen molar-refractivity contribution in [2.75, 3.05) is 5.75 Å². The van der Waals surface area contributed by atoms with Gasteiger partial charge in [0.25, 0.3) is 0 Å². The number of thioether (sulfide) groups is 1. The zero-order chi connectivity index (χ0) is 7.94. The van der Waals surface area contributed by atoms with E-state index in [2.05, 4.69) is 32.5 Å². The van der Waals surface area contributed by atoms with Gasteiger partial charge in [-0.25, -0.2) is 0 Å². The highest BCUT2D eigenvalue weighted by Crippen LogP contribution is 2.09. The molecule has 0 fully saturated rings. The summed E-state index contributed by atoms with van der Waals surface area (Å²) in [6, 6.07) is 0. The average Bonchev–Trinajstić information content (AvgIpc) is 2.50. The Hall–Kier alpha value is -1.02. The van der Waals surface area contributed by atoms with Crippen LogP contribution in [0.15, 0.2) is 5.16 Å². The number of aromatic nitrogens is 4. The normalized spacial score (nSPS) is 8.82. The molecule has 1 aromatic rings. The van der Waals surface area contributed by atoms with E-state index in [9.17, 15) is 0 Å². The molecule has 0 aliphatic carbocycles. The first kappa shape index (κ1) is 8.08. The summed E-state index contributed by atoms with van der Waals surface area (Å²) in [7, 11) is 0. The fourth-order valence-corrected chi connectivity index (χ4v) is 1.12. The molecular formula is C6H8N4S. The van der Waals surface area contributed by atoms with Gasteiger partial charge in [-0.05, 0) is 12.1 Å². The third-order valence-corrected chi connectivity index (χ3v) is 1.80. The molecule has 11 heavy (non-hydrogen) atoms. The van der Waals surface area contributed by atoms with Crippen molar-refractivity contribution >= 4 is 11.8 Å². The first-order valence-corrected chi connectivity index (χ1v) is 4.18. The van der Waals surface area contributed by atoms with Gasteiger partial charge in [0, 0.05) is 12.2 Å². The van der Waals surface area contributed by atoms with Crippen LogP contribution < -0.4 is 0 Å². The lowest BCUT2D eigenvalue weighted by molar-refractivity contribution is 0.881. The summed E-state index contributed by atoms with van der Waals surface area (Å²) in [5, 5.41) is 14.1. The molecule has 0 unspecified atom stereocenters. The standard InChI is InChI=1S/C6H8N4S/c1-2-3-4-5-11-6-7-9-10-8-6/h4-5H2,1H3,(H,7,8,9,10). The second-order valence-corrected chi connectivity index (χ2v) is 2.78. The molecule has 1 aromatic heterocycles. The third-order valence-electron chi connectivity index (χ3n) is 0.961. The highest BCUT2D eigenvalue weighted by Gasteiger charge is 1.95. The van der Waals surface area contributed by atoms with E-state index in [1.165, 1.54) is 0 Å². The summed E-state index contributed by atoms with van der Waals surface area (Å²) in [5.41, 5.74) is 0. The molecule has 1 N–H and O–H groups in total. The van der Waals surface area contributed by atoms with E-state index >= 15 is 0 Å². The maximum absolute atomic E-state index is 3.78. The van der Waals surface area contributed by atoms with Crippen LogP contribution in [-0.4, -0.2) is 26.4 Å². The first-order chi connectivity index (χ1) is 5.43. The molecule has 0 saturated heterocycles. The fraction of sp³-hybridized carbons (Fsp3) is 0.500. The minimum absolute atomic E-state index is 0.683. The van der Waals surface area contributed by atoms with Crippen molar-refractivity contribution in [3.8, 4) is 11.8 Å². The SMILES string of the molecule is CC#CCCSc1nn[nH]n1. The van der Waals surface area contributed by atoms with Gasteiger partial charge in [0.15, 0.2) is 0 Å². The lowest BCUT2D eigenvalue weighted by Crippen LogP contribution is -1.79. The van der Waals surface area contributed by atoms with Crippen LogP contribution in [0.1, 0.15) is 13.3 Å². The number of nitrogens with one attached hydrogen (secondary N) is 1. The van der Waals surface area contributed by atoms with Crippen LogP contribution in [-0.2, 0) is 0 Å². The van der Waals surface area contributed by atoms with Gasteiger partial charge >= 0.3 is 0 Å². The molecule has 0 saturated carbocycles. The van der Waals surface area contributed by atoms with Crippen LogP contribution >= 0.6 is 11.8 Å². The van der Waals surface area contributed by atoms with Gasteiger partial charge in [-0.1, -0.05) is 11.8 Å². The summed E-state index contributed by atoms with van der Waals surface area (Å²) in [6.45, 7) is 1.83. The summed E-state index contributed by atoms with van der Waals surface area (Å²) in [4.78, 5) is 0. The molecule has 1 rings (SSSR count). The Morgan fingerprint density at radius 3 is 3.18 bits per heavy atom. The zero-order valence-electron chi connectivity index (χ0n) is 6.16. The topological polar surface area (TPSA) is 54.5 Å². The predicted molar refractivity (Wildman–Crippen MR) is 43.0 cm³/mol. The molecule has 4 nitrogen and oxygen atoms in total. The van der Waals surface area contributed by atoms with Crippen molar-refractivity contribution in [3.63, 3.8) is 0 Å². The highest BCUT2D eigenvalue weighted by atomic mass is 32.2. The number of hydrogen-bond donors (Lipinski definition) is 1. The number of rotatable bonds is 3. The molecule has 0 spiro atoms. The van der Waals surface area contributed by atoms with E-state index in [1.807, 2.05) is 6.92 Å². The minimum atomic E-state index is 0.683. The number of nitrogens with zero attached hydrogens (tertiary/aromatic N) is 3. The highest BCUT2D eigenvalue weighted by molar-refractivity contribution is 7.99. The molecular weight excluding hydrogens is 160 g/mol. The van der Waals surface area contributed by atoms with Crippen LogP contribution in [0, 0.1) is 11.8 Å². The van der Waals surface area contributed by atoms with Crippen LogP contribution in [0.2, 0.25) is 0 Å². The lowest BCUT2D eigenvalue weighted by Gasteiger charge is -1.86. The summed E-state index contributed by atoms with van der Waals surface area (Å²) in [5.74, 6) is 6.69. The van der Waals surface area contributed by atoms with E-state index in [0.717, 1.165) is 12.2 Å². The second-order valence-electron chi connectivity index (χ2n) is 1.72. The van der Waals surface area contributed by atoms with Crippen LogP contribution in [0.3, 0.4) is 0 Å². The number of hydrogen-bond acceptors (Lipinski definition) is 4. The van der Waals surface area contributed by atoms with Crippen molar-refractivity contribution in [1.82, 2.24) is 20.6 Å². The Labute approximate surface area is 69.2 Å². The summed E-state index contributed by atoms with van der Waals surface area (Å²) < 4.78 is 0. The molecule has 0 aromatic carbocycles. The Balaban J connectivity index is 2.17. The monoisotopic (exact) mass is 168 g/mol. The molecule has 0 atom stereocenters. The zero-order valence-corrected chi connectivity index (χ0v) is 6.98. The molecule has 0 bridgehead atoms. The number of tetrazole rings is 1. The first-order valence-electron chi connectivity index (χ1n) is 3.19. The van der Waals surface area contributed by atoms with E-state index in [-0.39, 0.29) is 0 Å². The Kier molecular flexibility index (Phi) is 3.48. The van der Waals surface area contributed by atoms with E-state index in [4.69, 9.17) is 0 Å².